The number of nitrogens with one attached hydrogen (secondary N) is 1. The first-order chi connectivity index (χ1) is 4.95. The van der Waals surface area contributed by atoms with E-state index in [1.165, 1.54) is 31.8 Å². The number of hydrogen-bond acceptors (Lipinski definition) is 3. The first kappa shape index (κ1) is 6.95. The quantitative estimate of drug-likeness (QED) is 0.559. The van der Waals surface area contributed by atoms with Gasteiger partial charge in [0.15, 0.2) is 0 Å². The highest BCUT2D eigenvalue weighted by Crippen LogP contribution is 2.16. The molecule has 3 heteroatoms. The maximum Gasteiger partial charge on any atom is 0.0457 e. The van der Waals surface area contributed by atoms with Crippen LogP contribution in [-0.2, 0) is 0 Å². The molecule has 0 radical (unpaired) electrons. The highest BCUT2D eigenvalue weighted by Gasteiger charge is 2.21. The van der Waals surface area contributed by atoms with E-state index in [-0.39, 0.29) is 0 Å². The Morgan fingerprint density at radius 2 is 2.50 bits per heavy atom. The zero-order valence-electron chi connectivity index (χ0n) is 6.18. The van der Waals surface area contributed by atoms with Crippen LogP contribution in [0.25, 0.3) is 0 Å². The predicted octanol–water partition coefficient (Wildman–Crippen LogP) is 0.702. The minimum absolute atomic E-state index is 0.795. The molecule has 2 nitrogen and oxygen atoms in total. The second kappa shape index (κ2) is 3.11. The number of piperidine rings is 1. The van der Waals surface area contributed by atoms with Crippen LogP contribution in [0.2, 0.25) is 0 Å². The average molecular weight is 158 g/mol. The maximum atomic E-state index is 3.53. The lowest BCUT2D eigenvalue weighted by Gasteiger charge is -2.28. The third-order valence-electron chi connectivity index (χ3n) is 2.25. The first-order valence-corrected chi connectivity index (χ1v) is 5.14. The number of hydrogen-bond donors (Lipinski definition) is 1. The van der Waals surface area contributed by atoms with E-state index in [0.29, 0.717) is 0 Å². The van der Waals surface area contributed by atoms with Crippen molar-refractivity contribution in [3.8, 4) is 0 Å². The van der Waals surface area contributed by atoms with Crippen molar-refractivity contribution in [2.75, 3.05) is 24.8 Å². The van der Waals surface area contributed by atoms with Gasteiger partial charge in [-0.25, -0.2) is 0 Å². The van der Waals surface area contributed by atoms with E-state index in [1.807, 2.05) is 11.8 Å². The van der Waals surface area contributed by atoms with E-state index in [9.17, 15) is 0 Å². The highest BCUT2D eigenvalue weighted by molar-refractivity contribution is 7.99. The Kier molecular flexibility index (Phi) is 2.16. The van der Waals surface area contributed by atoms with Gasteiger partial charge in [0, 0.05) is 24.3 Å². The second-order valence-corrected chi connectivity index (χ2v) is 4.05. The van der Waals surface area contributed by atoms with Crippen LogP contribution in [0.5, 0.6) is 0 Å². The molecule has 0 aromatic carbocycles. The van der Waals surface area contributed by atoms with Gasteiger partial charge >= 0.3 is 0 Å². The molecule has 2 saturated heterocycles. The van der Waals surface area contributed by atoms with Crippen LogP contribution < -0.4 is 5.32 Å². The van der Waals surface area contributed by atoms with Gasteiger partial charge in [-0.1, -0.05) is 0 Å². The van der Waals surface area contributed by atoms with Crippen LogP contribution >= 0.6 is 11.8 Å². The van der Waals surface area contributed by atoms with Crippen LogP contribution in [-0.4, -0.2) is 35.8 Å². The SMILES string of the molecule is C1CC2CN(C1)CSCN2. The van der Waals surface area contributed by atoms with Crippen LogP contribution in [0.1, 0.15) is 12.8 Å². The lowest BCUT2D eigenvalue weighted by Crippen LogP contribution is -2.42. The third-order valence-corrected chi connectivity index (χ3v) is 3.17. The van der Waals surface area contributed by atoms with Crippen molar-refractivity contribution in [1.82, 2.24) is 10.2 Å². The molecule has 2 atom stereocenters. The van der Waals surface area contributed by atoms with E-state index in [4.69, 9.17) is 0 Å². The largest absolute Gasteiger partial charge is 0.304 e. The average Bonchev–Trinajstić information content (AvgIpc) is 2.12. The number of thioether (sulfide) groups is 1. The van der Waals surface area contributed by atoms with Crippen molar-refractivity contribution in [2.45, 2.75) is 18.9 Å². The molecular weight excluding hydrogens is 144 g/mol. The topological polar surface area (TPSA) is 15.3 Å². The van der Waals surface area contributed by atoms with Gasteiger partial charge in [-0.05, 0) is 19.4 Å². The standard InChI is InChI=1S/C7H14N2S/c1-2-7-4-9(3-1)6-10-5-8-7/h7-8H,1-6H2. The van der Waals surface area contributed by atoms with Gasteiger partial charge in [-0.15, -0.1) is 11.8 Å². The molecule has 10 heavy (non-hydrogen) atoms. The Morgan fingerprint density at radius 1 is 1.50 bits per heavy atom. The van der Waals surface area contributed by atoms with Crippen molar-refractivity contribution < 1.29 is 0 Å². The van der Waals surface area contributed by atoms with Crippen molar-refractivity contribution in [3.63, 3.8) is 0 Å². The maximum absolute atomic E-state index is 3.53. The zero-order valence-corrected chi connectivity index (χ0v) is 6.99. The molecule has 0 aromatic rings. The highest BCUT2D eigenvalue weighted by atomic mass is 32.2. The molecule has 0 aromatic heterocycles. The summed E-state index contributed by atoms with van der Waals surface area (Å²) in [6.07, 6.45) is 2.77. The second-order valence-electron chi connectivity index (χ2n) is 3.10. The molecule has 0 aliphatic carbocycles. The van der Waals surface area contributed by atoms with Crippen LogP contribution in [0.4, 0.5) is 0 Å². The molecule has 0 saturated carbocycles. The number of fused-ring (bicyclic) bond motifs is 2. The fraction of sp³-hybridized carbons (Fsp3) is 1.00. The number of nitrogens with zero attached hydrogens (tertiary/aromatic N) is 1. The Balaban J connectivity index is 1.96. The summed E-state index contributed by atoms with van der Waals surface area (Å²) in [7, 11) is 0. The predicted molar refractivity (Wildman–Crippen MR) is 45.1 cm³/mol. The minimum Gasteiger partial charge on any atom is -0.304 e. The van der Waals surface area contributed by atoms with Gasteiger partial charge in [-0.2, -0.15) is 0 Å². The van der Waals surface area contributed by atoms with E-state index < -0.39 is 0 Å². The summed E-state index contributed by atoms with van der Waals surface area (Å²) in [6, 6.07) is 0.795. The molecule has 2 fully saturated rings. The molecular formula is C7H14N2S. The van der Waals surface area contributed by atoms with Crippen LogP contribution in [0.15, 0.2) is 0 Å². The van der Waals surface area contributed by atoms with Crippen LogP contribution in [0, 0.1) is 0 Å². The van der Waals surface area contributed by atoms with Crippen LogP contribution in [0.3, 0.4) is 0 Å². The molecule has 2 aliphatic heterocycles. The Morgan fingerprint density at radius 3 is 3.50 bits per heavy atom. The summed E-state index contributed by atoms with van der Waals surface area (Å²) in [6.45, 7) is 2.61. The van der Waals surface area contributed by atoms with Gasteiger partial charge in [-0.3, -0.25) is 4.90 Å². The lowest BCUT2D eigenvalue weighted by atomic mass is 10.1. The van der Waals surface area contributed by atoms with Crippen molar-refractivity contribution in [1.29, 1.82) is 0 Å². The molecule has 2 aliphatic rings. The van der Waals surface area contributed by atoms with E-state index in [0.717, 1.165) is 11.9 Å². The molecule has 0 spiro atoms. The fourth-order valence-electron chi connectivity index (χ4n) is 1.69. The fourth-order valence-corrected chi connectivity index (χ4v) is 2.63. The lowest BCUT2D eigenvalue weighted by molar-refractivity contribution is 0.230. The van der Waals surface area contributed by atoms with Gasteiger partial charge < -0.3 is 5.32 Å². The summed E-state index contributed by atoms with van der Waals surface area (Å²) < 4.78 is 0. The molecule has 2 bridgehead atoms. The Hall–Kier alpha value is 0.270. The summed E-state index contributed by atoms with van der Waals surface area (Å²) in [5, 5.41) is 3.53. The monoisotopic (exact) mass is 158 g/mol. The third kappa shape index (κ3) is 1.47. The minimum atomic E-state index is 0.795. The molecule has 2 heterocycles. The molecule has 58 valence electrons. The van der Waals surface area contributed by atoms with E-state index in [1.54, 1.807) is 0 Å². The normalized spacial score (nSPS) is 40.8. The van der Waals surface area contributed by atoms with Crippen molar-refractivity contribution >= 4 is 11.8 Å². The number of rotatable bonds is 0. The molecule has 2 rings (SSSR count). The summed E-state index contributed by atoms with van der Waals surface area (Å²) >= 11 is 2.01. The van der Waals surface area contributed by atoms with Gasteiger partial charge in [0.05, 0.1) is 0 Å². The van der Waals surface area contributed by atoms with E-state index in [2.05, 4.69) is 10.2 Å². The van der Waals surface area contributed by atoms with Gasteiger partial charge in [0.25, 0.3) is 0 Å². The molecule has 1 N–H and O–H groups in total. The van der Waals surface area contributed by atoms with Crippen molar-refractivity contribution in [2.24, 2.45) is 0 Å². The molecule has 2 unspecified atom stereocenters. The van der Waals surface area contributed by atoms with Gasteiger partial charge in [0.2, 0.25) is 0 Å². The van der Waals surface area contributed by atoms with E-state index >= 15 is 0 Å². The summed E-state index contributed by atoms with van der Waals surface area (Å²) in [4.78, 5) is 2.55. The van der Waals surface area contributed by atoms with Gasteiger partial charge in [0.1, 0.15) is 0 Å². The van der Waals surface area contributed by atoms with Crippen molar-refractivity contribution in [3.05, 3.63) is 0 Å². The Labute approximate surface area is 66.4 Å². The molecule has 0 amide bonds. The summed E-state index contributed by atoms with van der Waals surface area (Å²) in [5.74, 6) is 2.39. The summed E-state index contributed by atoms with van der Waals surface area (Å²) in [5.41, 5.74) is 0. The Bertz CT molecular complexity index is 106. The first-order valence-electron chi connectivity index (χ1n) is 3.98. The smallest absolute Gasteiger partial charge is 0.0457 e. The zero-order chi connectivity index (χ0) is 6.81.